The molecule has 0 saturated heterocycles. The van der Waals surface area contributed by atoms with Crippen LogP contribution in [-0.4, -0.2) is 25.1 Å². The predicted molar refractivity (Wildman–Crippen MR) is 50.8 cm³/mol. The molecule has 0 aliphatic heterocycles. The zero-order valence-corrected chi connectivity index (χ0v) is 8.42. The van der Waals surface area contributed by atoms with Crippen molar-refractivity contribution in [3.8, 4) is 11.6 Å². The van der Waals surface area contributed by atoms with Gasteiger partial charge in [-0.15, -0.1) is 5.10 Å². The molecule has 0 spiro atoms. The van der Waals surface area contributed by atoms with E-state index in [0.717, 1.165) is 12.5 Å². The first-order valence-corrected chi connectivity index (χ1v) is 5.02. The lowest BCUT2D eigenvalue weighted by atomic mass is 10.4. The SMILES string of the molecule is Cc1noc(-c2cn(CC3CC3)nn2)n1. The molecule has 2 aromatic heterocycles. The van der Waals surface area contributed by atoms with Crippen molar-refractivity contribution in [1.29, 1.82) is 0 Å². The number of hydrogen-bond donors (Lipinski definition) is 0. The summed E-state index contributed by atoms with van der Waals surface area (Å²) in [5, 5.41) is 11.7. The molecule has 0 N–H and O–H groups in total. The van der Waals surface area contributed by atoms with E-state index in [1.54, 1.807) is 6.92 Å². The summed E-state index contributed by atoms with van der Waals surface area (Å²) < 4.78 is 6.85. The van der Waals surface area contributed by atoms with Crippen molar-refractivity contribution in [3.63, 3.8) is 0 Å². The fourth-order valence-corrected chi connectivity index (χ4v) is 1.45. The second-order valence-corrected chi connectivity index (χ2v) is 3.92. The molecule has 78 valence electrons. The van der Waals surface area contributed by atoms with Gasteiger partial charge in [-0.1, -0.05) is 10.4 Å². The summed E-state index contributed by atoms with van der Waals surface area (Å²) in [6.45, 7) is 2.72. The van der Waals surface area contributed by atoms with E-state index in [2.05, 4.69) is 20.5 Å². The van der Waals surface area contributed by atoms with Crippen molar-refractivity contribution in [2.24, 2.45) is 5.92 Å². The van der Waals surface area contributed by atoms with Crippen LogP contribution in [0.4, 0.5) is 0 Å². The number of nitrogens with zero attached hydrogens (tertiary/aromatic N) is 5. The normalized spacial score (nSPS) is 15.8. The predicted octanol–water partition coefficient (Wildman–Crippen LogP) is 1.05. The molecule has 3 rings (SSSR count). The number of rotatable bonds is 3. The lowest BCUT2D eigenvalue weighted by Gasteiger charge is -1.93. The Balaban J connectivity index is 1.82. The first-order chi connectivity index (χ1) is 7.31. The summed E-state index contributed by atoms with van der Waals surface area (Å²) in [6, 6.07) is 0. The molecule has 2 aromatic rings. The maximum absolute atomic E-state index is 5.01. The van der Waals surface area contributed by atoms with Crippen LogP contribution in [0.25, 0.3) is 11.6 Å². The molecular formula is C9H11N5O. The van der Waals surface area contributed by atoms with Gasteiger partial charge in [0.1, 0.15) is 0 Å². The van der Waals surface area contributed by atoms with Crippen LogP contribution in [0.1, 0.15) is 18.7 Å². The van der Waals surface area contributed by atoms with Gasteiger partial charge in [0.2, 0.25) is 0 Å². The molecular weight excluding hydrogens is 194 g/mol. The van der Waals surface area contributed by atoms with E-state index in [9.17, 15) is 0 Å². The Morgan fingerprint density at radius 2 is 2.40 bits per heavy atom. The zero-order valence-electron chi connectivity index (χ0n) is 8.42. The van der Waals surface area contributed by atoms with Crippen molar-refractivity contribution in [2.75, 3.05) is 0 Å². The Kier molecular flexibility index (Phi) is 1.80. The highest BCUT2D eigenvalue weighted by molar-refractivity contribution is 5.43. The van der Waals surface area contributed by atoms with Gasteiger partial charge < -0.3 is 4.52 Å². The van der Waals surface area contributed by atoms with E-state index >= 15 is 0 Å². The first-order valence-electron chi connectivity index (χ1n) is 5.02. The van der Waals surface area contributed by atoms with Crippen LogP contribution in [0.15, 0.2) is 10.7 Å². The fourth-order valence-electron chi connectivity index (χ4n) is 1.45. The van der Waals surface area contributed by atoms with Crippen molar-refractivity contribution in [2.45, 2.75) is 26.3 Å². The molecule has 0 aromatic carbocycles. The van der Waals surface area contributed by atoms with Crippen LogP contribution in [0, 0.1) is 12.8 Å². The van der Waals surface area contributed by atoms with Crippen LogP contribution in [0.3, 0.4) is 0 Å². The van der Waals surface area contributed by atoms with Gasteiger partial charge in [0.05, 0.1) is 6.20 Å². The lowest BCUT2D eigenvalue weighted by Crippen LogP contribution is -1.99. The van der Waals surface area contributed by atoms with Crippen LogP contribution < -0.4 is 0 Å². The molecule has 1 aliphatic rings. The van der Waals surface area contributed by atoms with E-state index in [1.807, 2.05) is 10.9 Å². The van der Waals surface area contributed by atoms with Gasteiger partial charge >= 0.3 is 0 Å². The third kappa shape index (κ3) is 1.74. The average molecular weight is 205 g/mol. The van der Waals surface area contributed by atoms with Gasteiger partial charge in [0.15, 0.2) is 11.5 Å². The summed E-state index contributed by atoms with van der Waals surface area (Å²) in [5.41, 5.74) is 0.649. The molecule has 0 unspecified atom stereocenters. The van der Waals surface area contributed by atoms with Crippen LogP contribution in [0.5, 0.6) is 0 Å². The van der Waals surface area contributed by atoms with E-state index in [1.165, 1.54) is 12.8 Å². The van der Waals surface area contributed by atoms with Gasteiger partial charge in [0, 0.05) is 6.54 Å². The highest BCUT2D eigenvalue weighted by Gasteiger charge is 2.22. The van der Waals surface area contributed by atoms with Crippen molar-refractivity contribution < 1.29 is 4.52 Å². The van der Waals surface area contributed by atoms with Gasteiger partial charge in [0.25, 0.3) is 5.89 Å². The van der Waals surface area contributed by atoms with E-state index in [4.69, 9.17) is 4.52 Å². The topological polar surface area (TPSA) is 69.6 Å². The molecule has 0 amide bonds. The molecule has 0 bridgehead atoms. The Morgan fingerprint density at radius 3 is 3.07 bits per heavy atom. The standard InChI is InChI=1S/C9H11N5O/c1-6-10-9(15-12-6)8-5-14(13-11-8)4-7-2-3-7/h5,7H,2-4H2,1H3. The molecule has 6 nitrogen and oxygen atoms in total. The molecule has 1 aliphatic carbocycles. The summed E-state index contributed by atoms with van der Waals surface area (Å²) in [6.07, 6.45) is 4.45. The molecule has 0 atom stereocenters. The first kappa shape index (κ1) is 8.58. The average Bonchev–Trinajstić information content (AvgIpc) is 2.74. The second-order valence-electron chi connectivity index (χ2n) is 3.92. The second kappa shape index (κ2) is 3.15. The zero-order chi connectivity index (χ0) is 10.3. The Morgan fingerprint density at radius 1 is 1.53 bits per heavy atom. The summed E-state index contributed by atoms with van der Waals surface area (Å²) in [5.74, 6) is 1.83. The monoisotopic (exact) mass is 205 g/mol. The maximum atomic E-state index is 5.01. The van der Waals surface area contributed by atoms with Crippen molar-refractivity contribution in [1.82, 2.24) is 25.1 Å². The minimum Gasteiger partial charge on any atom is -0.332 e. The minimum absolute atomic E-state index is 0.439. The summed E-state index contributed by atoms with van der Waals surface area (Å²) >= 11 is 0. The Bertz CT molecular complexity index is 470. The maximum Gasteiger partial charge on any atom is 0.280 e. The van der Waals surface area contributed by atoms with Crippen molar-refractivity contribution in [3.05, 3.63) is 12.0 Å². The fraction of sp³-hybridized carbons (Fsp3) is 0.556. The number of aryl methyl sites for hydroxylation is 1. The number of aromatic nitrogens is 5. The smallest absolute Gasteiger partial charge is 0.280 e. The van der Waals surface area contributed by atoms with E-state index in [-0.39, 0.29) is 0 Å². The van der Waals surface area contributed by atoms with Gasteiger partial charge in [-0.2, -0.15) is 4.98 Å². The van der Waals surface area contributed by atoms with Crippen molar-refractivity contribution >= 4 is 0 Å². The van der Waals surface area contributed by atoms with Crippen LogP contribution in [0.2, 0.25) is 0 Å². The largest absolute Gasteiger partial charge is 0.332 e. The quantitative estimate of drug-likeness (QED) is 0.748. The minimum atomic E-state index is 0.439. The molecule has 1 fully saturated rings. The highest BCUT2D eigenvalue weighted by Crippen LogP contribution is 2.30. The summed E-state index contributed by atoms with van der Waals surface area (Å²) in [4.78, 5) is 4.10. The Labute approximate surface area is 86.3 Å². The molecule has 1 saturated carbocycles. The molecule has 2 heterocycles. The molecule has 15 heavy (non-hydrogen) atoms. The van der Waals surface area contributed by atoms with Gasteiger partial charge in [-0.05, 0) is 25.7 Å². The van der Waals surface area contributed by atoms with Gasteiger partial charge in [-0.3, -0.25) is 4.68 Å². The van der Waals surface area contributed by atoms with E-state index < -0.39 is 0 Å². The van der Waals surface area contributed by atoms with Crippen LogP contribution in [-0.2, 0) is 6.54 Å². The summed E-state index contributed by atoms with van der Waals surface area (Å²) in [7, 11) is 0. The number of hydrogen-bond acceptors (Lipinski definition) is 5. The molecule has 0 radical (unpaired) electrons. The molecule has 6 heteroatoms. The lowest BCUT2D eigenvalue weighted by molar-refractivity contribution is 0.424. The van der Waals surface area contributed by atoms with Crippen LogP contribution >= 0.6 is 0 Å². The Hall–Kier alpha value is -1.72. The van der Waals surface area contributed by atoms with E-state index in [0.29, 0.717) is 17.4 Å². The van der Waals surface area contributed by atoms with Gasteiger partial charge in [-0.25, -0.2) is 0 Å². The third-order valence-electron chi connectivity index (χ3n) is 2.43. The highest BCUT2D eigenvalue weighted by atomic mass is 16.5. The third-order valence-corrected chi connectivity index (χ3v) is 2.43.